The van der Waals surface area contributed by atoms with E-state index in [-0.39, 0.29) is 24.7 Å². The summed E-state index contributed by atoms with van der Waals surface area (Å²) in [6, 6.07) is 0. The van der Waals surface area contributed by atoms with Crippen LogP contribution in [0.3, 0.4) is 0 Å². The van der Waals surface area contributed by atoms with Gasteiger partial charge in [0.1, 0.15) is 0 Å². The first-order valence-corrected chi connectivity index (χ1v) is 4.43. The van der Waals surface area contributed by atoms with Gasteiger partial charge in [0.2, 0.25) is 5.91 Å². The van der Waals surface area contributed by atoms with Crippen molar-refractivity contribution in [2.45, 2.75) is 26.2 Å². The Morgan fingerprint density at radius 3 is 2.31 bits per heavy atom. The maximum Gasteiger partial charge on any atom is 0.306 e. The summed E-state index contributed by atoms with van der Waals surface area (Å²) in [4.78, 5) is 23.4. The predicted molar refractivity (Wildman–Crippen MR) is 49.2 cm³/mol. The normalized spacial score (nSPS) is 9.46. The van der Waals surface area contributed by atoms with E-state index in [0.29, 0.717) is 6.61 Å². The molecule has 0 N–H and O–H groups in total. The molecule has 0 radical (unpaired) electrons. The van der Waals surface area contributed by atoms with Crippen LogP contribution in [-0.4, -0.2) is 37.5 Å². The highest BCUT2D eigenvalue weighted by Crippen LogP contribution is 1.96. The van der Waals surface area contributed by atoms with Gasteiger partial charge in [-0.15, -0.1) is 0 Å². The lowest BCUT2D eigenvalue weighted by atomic mass is 10.3. The molecule has 0 rings (SSSR count). The molecule has 4 nitrogen and oxygen atoms in total. The van der Waals surface area contributed by atoms with Crippen LogP contribution < -0.4 is 0 Å². The zero-order valence-electron chi connectivity index (χ0n) is 8.50. The number of rotatable bonds is 5. The number of carbonyl (C=O) groups excluding carboxylic acids is 2. The fraction of sp³-hybridized carbons (Fsp3) is 0.778. The Bertz CT molecular complexity index is 178. The van der Waals surface area contributed by atoms with Crippen LogP contribution in [0.5, 0.6) is 0 Å². The summed E-state index contributed by atoms with van der Waals surface area (Å²) in [6.45, 7) is 2.37. The number of amides is 1. The van der Waals surface area contributed by atoms with E-state index in [1.165, 1.54) is 4.90 Å². The lowest BCUT2D eigenvalue weighted by molar-refractivity contribution is -0.145. The van der Waals surface area contributed by atoms with Gasteiger partial charge in [-0.05, 0) is 6.42 Å². The van der Waals surface area contributed by atoms with Crippen LogP contribution >= 0.6 is 0 Å². The number of esters is 1. The summed E-state index contributed by atoms with van der Waals surface area (Å²) >= 11 is 0. The molecule has 0 fully saturated rings. The number of hydrogen-bond acceptors (Lipinski definition) is 3. The van der Waals surface area contributed by atoms with Gasteiger partial charge in [-0.2, -0.15) is 0 Å². The SMILES string of the molecule is CCCOC(=O)CCC(=O)N(C)C. The van der Waals surface area contributed by atoms with Crippen LogP contribution in [0.4, 0.5) is 0 Å². The molecule has 13 heavy (non-hydrogen) atoms. The van der Waals surface area contributed by atoms with Crippen LogP contribution in [0.25, 0.3) is 0 Å². The van der Waals surface area contributed by atoms with E-state index in [1.807, 2.05) is 6.92 Å². The van der Waals surface area contributed by atoms with Crippen molar-refractivity contribution in [1.29, 1.82) is 0 Å². The molecular weight excluding hydrogens is 170 g/mol. The number of carbonyl (C=O) groups is 2. The maximum absolute atomic E-state index is 11.0. The van der Waals surface area contributed by atoms with Gasteiger partial charge in [0, 0.05) is 20.5 Å². The van der Waals surface area contributed by atoms with Crippen LogP contribution in [-0.2, 0) is 14.3 Å². The third kappa shape index (κ3) is 6.13. The number of ether oxygens (including phenoxy) is 1. The maximum atomic E-state index is 11.0. The summed E-state index contributed by atoms with van der Waals surface area (Å²) in [7, 11) is 3.33. The molecule has 0 aromatic carbocycles. The van der Waals surface area contributed by atoms with Gasteiger partial charge in [-0.1, -0.05) is 6.92 Å². The summed E-state index contributed by atoms with van der Waals surface area (Å²) in [5.41, 5.74) is 0. The van der Waals surface area contributed by atoms with Crippen molar-refractivity contribution in [3.8, 4) is 0 Å². The van der Waals surface area contributed by atoms with E-state index in [1.54, 1.807) is 14.1 Å². The molecule has 1 amide bonds. The predicted octanol–water partition coefficient (Wildman–Crippen LogP) is 0.808. The molecular formula is C9H17NO3. The first-order chi connectivity index (χ1) is 6.07. The van der Waals surface area contributed by atoms with Crippen molar-refractivity contribution in [3.63, 3.8) is 0 Å². The van der Waals surface area contributed by atoms with Crippen molar-refractivity contribution in [2.75, 3.05) is 20.7 Å². The lowest BCUT2D eigenvalue weighted by Crippen LogP contribution is -2.22. The molecule has 0 aliphatic heterocycles. The Balaban J connectivity index is 3.52. The third-order valence-electron chi connectivity index (χ3n) is 1.51. The average Bonchev–Trinajstić information content (AvgIpc) is 2.10. The van der Waals surface area contributed by atoms with E-state index < -0.39 is 0 Å². The highest BCUT2D eigenvalue weighted by molar-refractivity contribution is 5.80. The second kappa shape index (κ2) is 6.46. The minimum absolute atomic E-state index is 0.0477. The Hall–Kier alpha value is -1.06. The molecule has 0 saturated heterocycles. The van der Waals surface area contributed by atoms with E-state index in [0.717, 1.165) is 6.42 Å². The van der Waals surface area contributed by atoms with Crippen molar-refractivity contribution in [3.05, 3.63) is 0 Å². The van der Waals surface area contributed by atoms with Gasteiger partial charge < -0.3 is 9.64 Å². The Morgan fingerprint density at radius 2 is 1.85 bits per heavy atom. The molecule has 0 heterocycles. The van der Waals surface area contributed by atoms with Crippen molar-refractivity contribution < 1.29 is 14.3 Å². The van der Waals surface area contributed by atoms with Gasteiger partial charge in [0.25, 0.3) is 0 Å². The zero-order valence-corrected chi connectivity index (χ0v) is 8.50. The standard InChI is InChI=1S/C9H17NO3/c1-4-7-13-9(12)6-5-8(11)10(2)3/h4-7H2,1-3H3. The summed E-state index contributed by atoms with van der Waals surface area (Å²) < 4.78 is 4.81. The highest BCUT2D eigenvalue weighted by atomic mass is 16.5. The Kier molecular flexibility index (Phi) is 5.93. The first kappa shape index (κ1) is 11.9. The van der Waals surface area contributed by atoms with Gasteiger partial charge in [-0.25, -0.2) is 0 Å². The van der Waals surface area contributed by atoms with Crippen LogP contribution in [0, 0.1) is 0 Å². The molecule has 0 spiro atoms. The molecule has 0 aliphatic carbocycles. The molecule has 0 aromatic rings. The zero-order chi connectivity index (χ0) is 10.3. The largest absolute Gasteiger partial charge is 0.466 e. The second-order valence-corrected chi connectivity index (χ2v) is 3.01. The topological polar surface area (TPSA) is 46.6 Å². The van der Waals surface area contributed by atoms with Gasteiger partial charge >= 0.3 is 5.97 Å². The summed E-state index contributed by atoms with van der Waals surface area (Å²) in [5.74, 6) is -0.342. The fourth-order valence-electron chi connectivity index (χ4n) is 0.721. The minimum Gasteiger partial charge on any atom is -0.466 e. The molecule has 0 aromatic heterocycles. The van der Waals surface area contributed by atoms with Crippen LogP contribution in [0.2, 0.25) is 0 Å². The van der Waals surface area contributed by atoms with Crippen molar-refractivity contribution in [2.24, 2.45) is 0 Å². The van der Waals surface area contributed by atoms with Gasteiger partial charge in [0.15, 0.2) is 0 Å². The highest BCUT2D eigenvalue weighted by Gasteiger charge is 2.08. The second-order valence-electron chi connectivity index (χ2n) is 3.01. The average molecular weight is 187 g/mol. The van der Waals surface area contributed by atoms with Crippen molar-refractivity contribution >= 4 is 11.9 Å². The van der Waals surface area contributed by atoms with Crippen molar-refractivity contribution in [1.82, 2.24) is 4.90 Å². The number of nitrogens with zero attached hydrogens (tertiary/aromatic N) is 1. The fourth-order valence-corrected chi connectivity index (χ4v) is 0.721. The molecule has 0 bridgehead atoms. The molecule has 0 unspecified atom stereocenters. The van der Waals surface area contributed by atoms with Gasteiger partial charge in [0.05, 0.1) is 13.0 Å². The molecule has 4 heteroatoms. The smallest absolute Gasteiger partial charge is 0.306 e. The third-order valence-corrected chi connectivity index (χ3v) is 1.51. The minimum atomic E-state index is -0.294. The monoisotopic (exact) mass is 187 g/mol. The molecule has 76 valence electrons. The first-order valence-electron chi connectivity index (χ1n) is 4.43. The lowest BCUT2D eigenvalue weighted by Gasteiger charge is -2.09. The number of hydrogen-bond donors (Lipinski definition) is 0. The Labute approximate surface area is 78.9 Å². The summed E-state index contributed by atoms with van der Waals surface area (Å²) in [5, 5.41) is 0. The van der Waals surface area contributed by atoms with E-state index in [4.69, 9.17) is 4.74 Å². The molecule has 0 atom stereocenters. The van der Waals surface area contributed by atoms with E-state index in [2.05, 4.69) is 0 Å². The summed E-state index contributed by atoms with van der Waals surface area (Å²) in [6.07, 6.45) is 1.22. The van der Waals surface area contributed by atoms with E-state index in [9.17, 15) is 9.59 Å². The van der Waals surface area contributed by atoms with Gasteiger partial charge in [-0.3, -0.25) is 9.59 Å². The van der Waals surface area contributed by atoms with E-state index >= 15 is 0 Å². The molecule has 0 saturated carbocycles. The quantitative estimate of drug-likeness (QED) is 0.598. The Morgan fingerprint density at radius 1 is 1.23 bits per heavy atom. The molecule has 0 aliphatic rings. The van der Waals surface area contributed by atoms with Crippen LogP contribution in [0.1, 0.15) is 26.2 Å². The van der Waals surface area contributed by atoms with Crippen LogP contribution in [0.15, 0.2) is 0 Å².